The minimum absolute atomic E-state index is 0.0611. The minimum Gasteiger partial charge on any atom is -0.232 e. The number of aromatic nitrogens is 6. The summed E-state index contributed by atoms with van der Waals surface area (Å²) in [5.41, 5.74) is 2.03. The molecule has 0 amide bonds. The quantitative estimate of drug-likeness (QED) is 0.221. The van der Waals surface area contributed by atoms with Gasteiger partial charge in [-0.3, -0.25) is 0 Å². The maximum Gasteiger partial charge on any atom is 0.138 e. The molecule has 0 spiro atoms. The molecule has 0 N–H and O–H groups in total. The van der Waals surface area contributed by atoms with Gasteiger partial charge in [0.05, 0.1) is 0 Å². The predicted molar refractivity (Wildman–Crippen MR) is 153 cm³/mol. The van der Waals surface area contributed by atoms with Crippen LogP contribution in [0.25, 0.3) is 0 Å². The van der Waals surface area contributed by atoms with E-state index in [4.69, 9.17) is 33.4 Å². The molecule has 9 heteroatoms. The van der Waals surface area contributed by atoms with Crippen molar-refractivity contribution in [3.63, 3.8) is 0 Å². The molecule has 0 aliphatic heterocycles. The van der Waals surface area contributed by atoms with Gasteiger partial charge in [0.15, 0.2) is 0 Å². The summed E-state index contributed by atoms with van der Waals surface area (Å²) in [5.74, 6) is 0. The van der Waals surface area contributed by atoms with E-state index in [1.165, 1.54) is 0 Å². The summed E-state index contributed by atoms with van der Waals surface area (Å²) in [4.78, 5) is 7.43. The summed E-state index contributed by atoms with van der Waals surface area (Å²) in [6, 6.07) is 16.1. The monoisotopic (exact) mass is 556 g/mol. The third-order valence-corrected chi connectivity index (χ3v) is 8.36. The second kappa shape index (κ2) is 10.4. The molecule has 0 radical (unpaired) electrons. The molecule has 0 fully saturated rings. The zero-order valence-electron chi connectivity index (χ0n) is 22.2. The molecule has 2 aromatic heterocycles. The highest BCUT2D eigenvalue weighted by Crippen LogP contribution is 2.58. The van der Waals surface area contributed by atoms with E-state index in [0.29, 0.717) is 10.0 Å². The van der Waals surface area contributed by atoms with Crippen molar-refractivity contribution in [2.24, 2.45) is 10.8 Å². The van der Waals surface area contributed by atoms with Gasteiger partial charge in [0.2, 0.25) is 0 Å². The van der Waals surface area contributed by atoms with Crippen molar-refractivity contribution in [2.45, 2.75) is 64.1 Å². The number of benzene rings is 2. The number of hydrogen-bond acceptors (Lipinski definition) is 5. The van der Waals surface area contributed by atoms with Crippen molar-refractivity contribution >= 4 is 35.0 Å². The maximum absolute atomic E-state index is 6.36. The van der Waals surface area contributed by atoms with Gasteiger partial charge in [-0.15, -0.1) is 0 Å². The first-order valence-electron chi connectivity index (χ1n) is 12.3. The minimum atomic E-state index is -0.657. The summed E-state index contributed by atoms with van der Waals surface area (Å²) in [5, 5.41) is 10.8. The van der Waals surface area contributed by atoms with Crippen LogP contribution in [-0.4, -0.2) is 29.5 Å². The average molecular weight is 558 g/mol. The first-order valence-corrected chi connectivity index (χ1v) is 13.8. The molecule has 2 heterocycles. The van der Waals surface area contributed by atoms with Gasteiger partial charge in [0.1, 0.15) is 35.1 Å². The molecule has 4 aromatic rings. The Morgan fingerprint density at radius 1 is 0.622 bits per heavy atom. The smallest absolute Gasteiger partial charge is 0.138 e. The van der Waals surface area contributed by atoms with Crippen molar-refractivity contribution in [3.05, 3.63) is 95.0 Å². The summed E-state index contributed by atoms with van der Waals surface area (Å²) in [7, 11) is 0. The Hall–Kier alpha value is -2.35. The van der Waals surface area contributed by atoms with E-state index < -0.39 is 9.74 Å². The van der Waals surface area contributed by atoms with Crippen LogP contribution in [0.2, 0.25) is 10.0 Å². The average Bonchev–Trinajstić information content (AvgIpc) is 3.52. The van der Waals surface area contributed by atoms with Crippen LogP contribution in [0.4, 0.5) is 0 Å². The van der Waals surface area contributed by atoms with Gasteiger partial charge in [0, 0.05) is 10.0 Å². The van der Waals surface area contributed by atoms with Crippen molar-refractivity contribution in [1.82, 2.24) is 29.5 Å². The van der Waals surface area contributed by atoms with E-state index in [2.05, 4.69) is 75.8 Å². The Balaban J connectivity index is 2.07. The normalized spacial score (nSPS) is 15.8. The number of nitrogens with zero attached hydrogens (tertiary/aromatic N) is 6. The van der Waals surface area contributed by atoms with E-state index in [1.54, 1.807) is 37.1 Å². The number of rotatable bonds is 8. The lowest BCUT2D eigenvalue weighted by molar-refractivity contribution is 0.257. The third kappa shape index (κ3) is 6.21. The molecule has 0 aliphatic carbocycles. The Morgan fingerprint density at radius 3 is 1.24 bits per heavy atom. The van der Waals surface area contributed by atoms with Crippen LogP contribution in [0, 0.1) is 10.8 Å². The number of halogens is 2. The fourth-order valence-electron chi connectivity index (χ4n) is 4.84. The van der Waals surface area contributed by atoms with Gasteiger partial charge in [0.25, 0.3) is 0 Å². The maximum atomic E-state index is 6.36. The second-order valence-electron chi connectivity index (χ2n) is 11.8. The first-order chi connectivity index (χ1) is 17.3. The molecule has 0 bridgehead atoms. The third-order valence-electron chi connectivity index (χ3n) is 6.05. The Morgan fingerprint density at radius 2 is 0.973 bits per heavy atom. The van der Waals surface area contributed by atoms with Crippen molar-refractivity contribution in [3.8, 4) is 0 Å². The summed E-state index contributed by atoms with van der Waals surface area (Å²) >= 11 is 14.5. The van der Waals surface area contributed by atoms with E-state index >= 15 is 0 Å². The Bertz CT molecular complexity index is 1170. The number of hydrogen-bond donors (Lipinski definition) is 0. The van der Waals surface area contributed by atoms with Crippen LogP contribution in [0.1, 0.15) is 65.5 Å². The fourth-order valence-corrected chi connectivity index (χ4v) is 7.55. The molecule has 196 valence electrons. The molecule has 2 unspecified atom stereocenters. The highest BCUT2D eigenvalue weighted by molar-refractivity contribution is 8.01. The second-order valence-corrected chi connectivity index (χ2v) is 14.3. The van der Waals surface area contributed by atoms with Gasteiger partial charge in [-0.1, -0.05) is 101 Å². The highest BCUT2D eigenvalue weighted by atomic mass is 35.5. The van der Waals surface area contributed by atoms with E-state index in [1.807, 2.05) is 33.6 Å². The first kappa shape index (κ1) is 27.7. The lowest BCUT2D eigenvalue weighted by atomic mass is 9.84. The summed E-state index contributed by atoms with van der Waals surface area (Å²) in [6.07, 6.45) is 8.33. The van der Waals surface area contributed by atoms with Crippen LogP contribution >= 0.6 is 35.0 Å². The van der Waals surface area contributed by atoms with Gasteiger partial charge < -0.3 is 0 Å². The molecular formula is C28H34Cl2N6S. The van der Waals surface area contributed by atoms with E-state index in [-0.39, 0.29) is 10.8 Å². The van der Waals surface area contributed by atoms with Crippen LogP contribution in [0.5, 0.6) is 0 Å². The van der Waals surface area contributed by atoms with Crippen molar-refractivity contribution in [2.75, 3.05) is 0 Å². The Kier molecular flexibility index (Phi) is 7.80. The van der Waals surface area contributed by atoms with E-state index in [9.17, 15) is 0 Å². The lowest BCUT2D eigenvalue weighted by Crippen LogP contribution is -2.45. The zero-order valence-corrected chi connectivity index (χ0v) is 24.5. The highest BCUT2D eigenvalue weighted by Gasteiger charge is 2.51. The zero-order chi connectivity index (χ0) is 26.9. The van der Waals surface area contributed by atoms with Gasteiger partial charge in [-0.05, 0) is 59.1 Å². The molecule has 6 nitrogen and oxygen atoms in total. The number of thioether (sulfide) groups is 1. The van der Waals surface area contributed by atoms with Crippen LogP contribution < -0.4 is 0 Å². The molecule has 4 rings (SSSR count). The topological polar surface area (TPSA) is 61.4 Å². The molecule has 37 heavy (non-hydrogen) atoms. The van der Waals surface area contributed by atoms with Crippen LogP contribution in [0.3, 0.4) is 0 Å². The molecule has 0 saturated carbocycles. The summed E-state index contributed by atoms with van der Waals surface area (Å²) in [6.45, 7) is 13.5. The van der Waals surface area contributed by atoms with Crippen molar-refractivity contribution < 1.29 is 0 Å². The molecule has 0 saturated heterocycles. The standard InChI is InChI=1S/C28H34Cl2N6S/c1-25(2,3)15-27(35-19-31-17-33-35,21-7-11-23(29)12-8-21)37-28(16-26(4,5)6,36-20-32-18-34-36)22-9-13-24(30)14-10-22/h7-14,17-20H,15-16H2,1-6H3. The molecule has 0 aliphatic rings. The van der Waals surface area contributed by atoms with Gasteiger partial charge >= 0.3 is 0 Å². The fraction of sp³-hybridized carbons (Fsp3) is 0.429. The van der Waals surface area contributed by atoms with Gasteiger partial charge in [-0.2, -0.15) is 10.2 Å². The van der Waals surface area contributed by atoms with Gasteiger partial charge in [-0.25, -0.2) is 19.3 Å². The van der Waals surface area contributed by atoms with Crippen LogP contribution in [-0.2, 0) is 9.74 Å². The molecule has 2 aromatic carbocycles. The predicted octanol–water partition coefficient (Wildman–Crippen LogP) is 7.88. The largest absolute Gasteiger partial charge is 0.232 e. The molecule has 2 atom stereocenters. The molecular weight excluding hydrogens is 523 g/mol. The lowest BCUT2D eigenvalue weighted by Gasteiger charge is -2.47. The summed E-state index contributed by atoms with van der Waals surface area (Å²) < 4.78 is 3.97. The Labute approximate surface area is 233 Å². The van der Waals surface area contributed by atoms with E-state index in [0.717, 1.165) is 24.0 Å². The van der Waals surface area contributed by atoms with Crippen molar-refractivity contribution in [1.29, 1.82) is 0 Å². The SMILES string of the molecule is CC(C)(C)CC(SC(CC(C)(C)C)(c1ccc(Cl)cc1)n1cncn1)(c1ccc(Cl)cc1)n1cncn1. The van der Waals surface area contributed by atoms with Crippen LogP contribution in [0.15, 0.2) is 73.8 Å².